The number of amides is 1. The van der Waals surface area contributed by atoms with Crippen molar-refractivity contribution in [2.75, 3.05) is 14.1 Å². The van der Waals surface area contributed by atoms with Crippen molar-refractivity contribution in [1.82, 2.24) is 9.88 Å². The molecule has 11 heteroatoms. The zero-order chi connectivity index (χ0) is 23.0. The minimum Gasteiger partial charge on any atom is -0.508 e. The SMILES string of the molecule is CN(C)[C@@H]1C(=O)C(C(N)=O)=C(O)[C@@]2(O)C(=O)C3=C(O)c4c(O)cnc(F)c4C[C@H]3C[C@@H]12. The summed E-state index contributed by atoms with van der Waals surface area (Å²) in [5.41, 5.74) is 0.853. The summed E-state index contributed by atoms with van der Waals surface area (Å²) in [7, 11) is 2.99. The molecule has 1 aromatic rings. The molecule has 31 heavy (non-hydrogen) atoms. The number of aliphatic hydroxyl groups is 3. The summed E-state index contributed by atoms with van der Waals surface area (Å²) >= 11 is 0. The molecule has 1 heterocycles. The number of ketones is 2. The average Bonchev–Trinajstić information content (AvgIpc) is 2.67. The van der Waals surface area contributed by atoms with E-state index >= 15 is 0 Å². The first-order valence-electron chi connectivity index (χ1n) is 9.44. The summed E-state index contributed by atoms with van der Waals surface area (Å²) < 4.78 is 14.3. The van der Waals surface area contributed by atoms with Crippen LogP contribution in [0.2, 0.25) is 0 Å². The van der Waals surface area contributed by atoms with Crippen molar-refractivity contribution in [3.8, 4) is 5.75 Å². The smallest absolute Gasteiger partial charge is 0.255 e. The van der Waals surface area contributed by atoms with Crippen molar-refractivity contribution in [3.63, 3.8) is 0 Å². The minimum absolute atomic E-state index is 0.106. The lowest BCUT2D eigenvalue weighted by molar-refractivity contribution is -0.153. The standard InChI is InChI=1S/C20H20FN3O7/c1-24(2)13-8-4-6-3-7-11(9(25)5-23-18(7)21)14(26)10(6)16(28)20(8,31)17(29)12(15(13)27)19(22)30/h5-6,8,13,25-26,29,31H,3-4H2,1-2H3,(H2,22,30)/t6-,8-,13-,20-/m0/s1. The van der Waals surface area contributed by atoms with E-state index in [0.29, 0.717) is 0 Å². The molecule has 0 saturated heterocycles. The van der Waals surface area contributed by atoms with E-state index in [0.717, 1.165) is 6.20 Å². The Morgan fingerprint density at radius 1 is 1.29 bits per heavy atom. The molecule has 1 fully saturated rings. The van der Waals surface area contributed by atoms with Crippen LogP contribution in [0.1, 0.15) is 17.5 Å². The number of carbonyl (C=O) groups is 3. The Labute approximate surface area is 175 Å². The maximum absolute atomic E-state index is 14.3. The number of fused-ring (bicyclic) bond motifs is 3. The topological polar surface area (TPSA) is 174 Å². The second-order valence-electron chi connectivity index (χ2n) is 8.25. The van der Waals surface area contributed by atoms with Gasteiger partial charge in [0.15, 0.2) is 11.4 Å². The summed E-state index contributed by atoms with van der Waals surface area (Å²) in [6.07, 6.45) is 0.530. The third-order valence-corrected chi connectivity index (χ3v) is 6.42. The Bertz CT molecular complexity index is 1130. The van der Waals surface area contributed by atoms with Crippen molar-refractivity contribution in [2.45, 2.75) is 24.5 Å². The maximum Gasteiger partial charge on any atom is 0.255 e. The summed E-state index contributed by atoms with van der Waals surface area (Å²) in [5.74, 6) is -8.78. The molecule has 0 bridgehead atoms. The molecule has 3 aliphatic carbocycles. The number of aromatic hydroxyl groups is 1. The van der Waals surface area contributed by atoms with Gasteiger partial charge in [0.2, 0.25) is 11.7 Å². The monoisotopic (exact) mass is 433 g/mol. The number of hydrogen-bond donors (Lipinski definition) is 5. The van der Waals surface area contributed by atoms with Gasteiger partial charge >= 0.3 is 0 Å². The van der Waals surface area contributed by atoms with Gasteiger partial charge in [-0.15, -0.1) is 0 Å². The van der Waals surface area contributed by atoms with E-state index in [1.807, 2.05) is 0 Å². The molecular weight excluding hydrogens is 413 g/mol. The Morgan fingerprint density at radius 2 is 1.94 bits per heavy atom. The van der Waals surface area contributed by atoms with Crippen LogP contribution in [0.15, 0.2) is 23.1 Å². The molecule has 6 N–H and O–H groups in total. The lowest BCUT2D eigenvalue weighted by Crippen LogP contribution is -2.65. The number of primary amides is 1. The molecule has 0 unspecified atom stereocenters. The second kappa shape index (κ2) is 6.59. The fourth-order valence-corrected chi connectivity index (χ4v) is 5.10. The van der Waals surface area contributed by atoms with E-state index in [1.165, 1.54) is 19.0 Å². The molecular formula is C20H20FN3O7. The highest BCUT2D eigenvalue weighted by Gasteiger charge is 2.64. The summed E-state index contributed by atoms with van der Waals surface area (Å²) in [6, 6.07) is -1.19. The zero-order valence-corrected chi connectivity index (χ0v) is 16.6. The molecule has 0 radical (unpaired) electrons. The van der Waals surface area contributed by atoms with Crippen molar-refractivity contribution in [3.05, 3.63) is 40.2 Å². The van der Waals surface area contributed by atoms with Gasteiger partial charge in [0.05, 0.1) is 17.8 Å². The number of hydrogen-bond acceptors (Lipinski definition) is 9. The highest BCUT2D eigenvalue weighted by molar-refractivity contribution is 6.24. The van der Waals surface area contributed by atoms with Crippen LogP contribution in [0, 0.1) is 17.8 Å². The van der Waals surface area contributed by atoms with Crippen LogP contribution in [0.25, 0.3) is 5.76 Å². The first-order chi connectivity index (χ1) is 14.4. The van der Waals surface area contributed by atoms with Crippen molar-refractivity contribution in [1.29, 1.82) is 0 Å². The van der Waals surface area contributed by atoms with E-state index in [9.17, 15) is 39.2 Å². The summed E-state index contributed by atoms with van der Waals surface area (Å²) in [4.78, 5) is 43.0. The van der Waals surface area contributed by atoms with Gasteiger partial charge in [-0.2, -0.15) is 4.39 Å². The number of likely N-dealkylation sites (N-methyl/N-ethyl adjacent to an activating group) is 1. The first kappa shape index (κ1) is 20.9. The van der Waals surface area contributed by atoms with Gasteiger partial charge in [-0.05, 0) is 32.9 Å². The number of halogens is 1. The van der Waals surface area contributed by atoms with Gasteiger partial charge < -0.3 is 26.2 Å². The number of aromatic nitrogens is 1. The fraction of sp³-hybridized carbons (Fsp3) is 0.400. The Kier molecular flexibility index (Phi) is 4.45. The third-order valence-electron chi connectivity index (χ3n) is 6.42. The maximum atomic E-state index is 14.3. The highest BCUT2D eigenvalue weighted by atomic mass is 19.1. The van der Waals surface area contributed by atoms with Crippen LogP contribution in [0.5, 0.6) is 5.75 Å². The lowest BCUT2D eigenvalue weighted by atomic mass is 9.57. The molecule has 1 amide bonds. The third kappa shape index (κ3) is 2.56. The number of nitrogens with zero attached hydrogens (tertiary/aromatic N) is 2. The molecule has 0 aliphatic heterocycles. The largest absolute Gasteiger partial charge is 0.508 e. The van der Waals surface area contributed by atoms with Crippen LogP contribution in [-0.4, -0.2) is 73.5 Å². The van der Waals surface area contributed by atoms with E-state index in [1.54, 1.807) is 0 Å². The molecule has 1 aromatic heterocycles. The molecule has 4 atom stereocenters. The van der Waals surface area contributed by atoms with Gasteiger partial charge in [-0.1, -0.05) is 0 Å². The molecule has 4 rings (SSSR count). The molecule has 164 valence electrons. The minimum atomic E-state index is -2.72. The average molecular weight is 433 g/mol. The van der Waals surface area contributed by atoms with Gasteiger partial charge in [-0.25, -0.2) is 4.98 Å². The molecule has 1 saturated carbocycles. The fourth-order valence-electron chi connectivity index (χ4n) is 5.10. The normalized spacial score (nSPS) is 30.3. The van der Waals surface area contributed by atoms with Crippen LogP contribution in [-0.2, 0) is 20.8 Å². The van der Waals surface area contributed by atoms with Gasteiger partial charge in [0.25, 0.3) is 5.91 Å². The lowest BCUT2D eigenvalue weighted by Gasteiger charge is -2.50. The highest BCUT2D eigenvalue weighted by Crippen LogP contribution is 2.52. The Balaban J connectivity index is 1.99. The first-order valence-corrected chi connectivity index (χ1v) is 9.44. The van der Waals surface area contributed by atoms with Gasteiger partial charge in [0, 0.05) is 17.1 Å². The quantitative estimate of drug-likeness (QED) is 0.304. The number of carbonyl (C=O) groups excluding carboxylic acids is 3. The van der Waals surface area contributed by atoms with Crippen LogP contribution >= 0.6 is 0 Å². The zero-order valence-electron chi connectivity index (χ0n) is 16.6. The van der Waals surface area contributed by atoms with Crippen LogP contribution in [0.3, 0.4) is 0 Å². The number of aliphatic hydroxyl groups excluding tert-OH is 2. The van der Waals surface area contributed by atoms with Crippen LogP contribution in [0.4, 0.5) is 4.39 Å². The van der Waals surface area contributed by atoms with Crippen molar-refractivity contribution in [2.24, 2.45) is 17.6 Å². The van der Waals surface area contributed by atoms with Crippen molar-refractivity contribution >= 4 is 23.2 Å². The number of pyridine rings is 1. The predicted octanol–water partition coefficient (Wildman–Crippen LogP) is -0.502. The number of rotatable bonds is 2. The molecule has 3 aliphatic rings. The number of Topliss-reactive ketones (excluding diaryl/α,β-unsaturated/α-hetero) is 2. The Morgan fingerprint density at radius 3 is 2.52 bits per heavy atom. The van der Waals surface area contributed by atoms with E-state index in [4.69, 9.17) is 5.73 Å². The van der Waals surface area contributed by atoms with E-state index < -0.39 is 69.7 Å². The van der Waals surface area contributed by atoms with Crippen molar-refractivity contribution < 1.29 is 39.2 Å². The molecule has 10 nitrogen and oxygen atoms in total. The van der Waals surface area contributed by atoms with Crippen LogP contribution < -0.4 is 5.73 Å². The second-order valence-corrected chi connectivity index (χ2v) is 8.25. The van der Waals surface area contributed by atoms with E-state index in [2.05, 4.69) is 4.98 Å². The molecule has 0 spiro atoms. The van der Waals surface area contributed by atoms with Gasteiger partial charge in [-0.3, -0.25) is 19.3 Å². The molecule has 0 aromatic carbocycles. The predicted molar refractivity (Wildman–Crippen MR) is 102 cm³/mol. The van der Waals surface area contributed by atoms with Gasteiger partial charge in [0.1, 0.15) is 22.8 Å². The summed E-state index contributed by atoms with van der Waals surface area (Å²) in [5, 5.41) is 42.8. The van der Waals surface area contributed by atoms with E-state index in [-0.39, 0.29) is 29.5 Å². The number of nitrogens with two attached hydrogens (primary N) is 1. The Hall–Kier alpha value is -3.31. The summed E-state index contributed by atoms with van der Waals surface area (Å²) in [6.45, 7) is 0.